The number of carboxylic acids is 1. The van der Waals surface area contributed by atoms with Gasteiger partial charge in [-0.25, -0.2) is 0 Å². The predicted molar refractivity (Wildman–Crippen MR) is 107 cm³/mol. The van der Waals surface area contributed by atoms with Crippen LogP contribution in [-0.2, 0) is 11.2 Å². The minimum atomic E-state index is -0.918. The molecule has 26 heavy (non-hydrogen) atoms. The molecule has 0 heterocycles. The molecular weight excluding hydrogens is 350 g/mol. The molecule has 0 aliphatic carbocycles. The lowest BCUT2D eigenvalue weighted by Crippen LogP contribution is -2.29. The minimum absolute atomic E-state index is 0. The third-order valence-corrected chi connectivity index (χ3v) is 4.17. The van der Waals surface area contributed by atoms with E-state index in [1.807, 2.05) is 18.2 Å². The third kappa shape index (κ3) is 8.37. The number of nitrogens with two attached hydrogens (primary N) is 1. The number of hydrogen-bond acceptors (Lipinski definition) is 3. The molecule has 1 atom stereocenters. The molecule has 0 spiro atoms. The van der Waals surface area contributed by atoms with Gasteiger partial charge in [-0.2, -0.15) is 0 Å². The number of halogens is 1. The van der Waals surface area contributed by atoms with Gasteiger partial charge >= 0.3 is 5.97 Å². The largest absolute Gasteiger partial charge is 0.494 e. The molecule has 142 valence electrons. The Morgan fingerprint density at radius 2 is 1.54 bits per heavy atom. The average Bonchev–Trinajstić information content (AvgIpc) is 2.63. The van der Waals surface area contributed by atoms with E-state index in [9.17, 15) is 4.79 Å². The lowest BCUT2D eigenvalue weighted by atomic mass is 10.1. The highest BCUT2D eigenvalue weighted by Crippen LogP contribution is 2.16. The first-order valence-corrected chi connectivity index (χ1v) is 8.89. The van der Waals surface area contributed by atoms with Crippen molar-refractivity contribution in [2.45, 2.75) is 44.6 Å². The van der Waals surface area contributed by atoms with E-state index in [1.165, 1.54) is 11.1 Å². The minimum Gasteiger partial charge on any atom is -0.494 e. The molecule has 0 aromatic heterocycles. The van der Waals surface area contributed by atoms with Gasteiger partial charge in [0.05, 0.1) is 6.61 Å². The zero-order valence-corrected chi connectivity index (χ0v) is 15.8. The van der Waals surface area contributed by atoms with Crippen molar-refractivity contribution in [3.63, 3.8) is 0 Å². The fraction of sp³-hybridized carbons (Fsp3) is 0.381. The van der Waals surface area contributed by atoms with Crippen LogP contribution in [0.1, 0.15) is 43.2 Å². The molecule has 2 aromatic rings. The van der Waals surface area contributed by atoms with Crippen LogP contribution in [0.5, 0.6) is 5.75 Å². The molecule has 5 heteroatoms. The van der Waals surface area contributed by atoms with Crippen LogP contribution in [0.4, 0.5) is 0 Å². The van der Waals surface area contributed by atoms with E-state index < -0.39 is 12.0 Å². The van der Waals surface area contributed by atoms with Gasteiger partial charge in [0.25, 0.3) is 0 Å². The molecule has 2 aromatic carbocycles. The molecule has 0 radical (unpaired) electrons. The van der Waals surface area contributed by atoms with Crippen molar-refractivity contribution in [1.29, 1.82) is 0 Å². The fourth-order valence-corrected chi connectivity index (χ4v) is 2.67. The van der Waals surface area contributed by atoms with Gasteiger partial charge in [-0.05, 0) is 42.5 Å². The summed E-state index contributed by atoms with van der Waals surface area (Å²) in [5.41, 5.74) is 8.05. The molecule has 2 rings (SSSR count). The Bertz CT molecular complexity index is 631. The standard InChI is InChI=1S/C21H27NO3.ClH/c22-20(21(23)24)10-6-1-2-7-15-25-19-13-11-18(12-14-19)16-17-8-4-3-5-9-17;/h3-5,8-9,11-14,20H,1-2,6-7,10,15-16,22H2,(H,23,24);1H. The first kappa shape index (κ1) is 22.0. The van der Waals surface area contributed by atoms with Crippen LogP contribution in [0.15, 0.2) is 54.6 Å². The van der Waals surface area contributed by atoms with Crippen molar-refractivity contribution in [2.75, 3.05) is 6.61 Å². The van der Waals surface area contributed by atoms with E-state index in [1.54, 1.807) is 0 Å². The van der Waals surface area contributed by atoms with Gasteiger partial charge < -0.3 is 15.6 Å². The van der Waals surface area contributed by atoms with E-state index >= 15 is 0 Å². The summed E-state index contributed by atoms with van der Waals surface area (Å²) in [6, 6.07) is 17.9. The molecule has 0 saturated heterocycles. The van der Waals surface area contributed by atoms with Crippen molar-refractivity contribution in [1.82, 2.24) is 0 Å². The Morgan fingerprint density at radius 3 is 2.19 bits per heavy atom. The quantitative estimate of drug-likeness (QED) is 0.568. The van der Waals surface area contributed by atoms with E-state index in [-0.39, 0.29) is 12.4 Å². The number of aliphatic carboxylic acids is 1. The summed E-state index contributed by atoms with van der Waals surface area (Å²) >= 11 is 0. The van der Waals surface area contributed by atoms with Crippen LogP contribution in [0.25, 0.3) is 0 Å². The first-order valence-electron chi connectivity index (χ1n) is 8.89. The highest BCUT2D eigenvalue weighted by Gasteiger charge is 2.09. The van der Waals surface area contributed by atoms with Crippen molar-refractivity contribution < 1.29 is 14.6 Å². The second-order valence-corrected chi connectivity index (χ2v) is 6.30. The molecule has 1 unspecified atom stereocenters. The number of ether oxygens (including phenoxy) is 1. The smallest absolute Gasteiger partial charge is 0.320 e. The number of benzene rings is 2. The molecule has 0 aliphatic rings. The van der Waals surface area contributed by atoms with Gasteiger partial charge in [-0.3, -0.25) is 4.79 Å². The number of hydrogen-bond donors (Lipinski definition) is 2. The Morgan fingerprint density at radius 1 is 0.923 bits per heavy atom. The number of rotatable bonds is 11. The van der Waals surface area contributed by atoms with Gasteiger partial charge in [-0.15, -0.1) is 12.4 Å². The van der Waals surface area contributed by atoms with Crippen molar-refractivity contribution in [3.8, 4) is 5.75 Å². The SMILES string of the molecule is Cl.NC(CCCCCCOc1ccc(Cc2ccccc2)cc1)C(=O)O. The van der Waals surface area contributed by atoms with Crippen molar-refractivity contribution >= 4 is 18.4 Å². The normalized spacial score (nSPS) is 11.4. The average molecular weight is 378 g/mol. The second kappa shape index (κ2) is 12.3. The third-order valence-electron chi connectivity index (χ3n) is 4.17. The van der Waals surface area contributed by atoms with E-state index in [4.69, 9.17) is 15.6 Å². The van der Waals surface area contributed by atoms with Crippen molar-refractivity contribution in [3.05, 3.63) is 65.7 Å². The molecule has 4 nitrogen and oxygen atoms in total. The van der Waals surface area contributed by atoms with Crippen LogP contribution in [0, 0.1) is 0 Å². The summed E-state index contributed by atoms with van der Waals surface area (Å²) in [7, 11) is 0. The highest BCUT2D eigenvalue weighted by atomic mass is 35.5. The van der Waals surface area contributed by atoms with E-state index in [2.05, 4.69) is 36.4 Å². The lowest BCUT2D eigenvalue weighted by Gasteiger charge is -2.08. The number of carboxylic acid groups (broad SMARTS) is 1. The Kier molecular flexibility index (Phi) is 10.4. The summed E-state index contributed by atoms with van der Waals surface area (Å²) in [4.78, 5) is 10.6. The number of carbonyl (C=O) groups is 1. The summed E-state index contributed by atoms with van der Waals surface area (Å²) < 4.78 is 5.76. The topological polar surface area (TPSA) is 72.5 Å². The summed E-state index contributed by atoms with van der Waals surface area (Å²) in [6.07, 6.45) is 5.30. The second-order valence-electron chi connectivity index (χ2n) is 6.30. The Hall–Kier alpha value is -2.04. The predicted octanol–water partition coefficient (Wildman–Crippen LogP) is 4.44. The zero-order valence-electron chi connectivity index (χ0n) is 15.0. The zero-order chi connectivity index (χ0) is 17.9. The van der Waals surface area contributed by atoms with E-state index in [0.29, 0.717) is 13.0 Å². The first-order chi connectivity index (χ1) is 12.1. The lowest BCUT2D eigenvalue weighted by molar-refractivity contribution is -0.138. The maximum atomic E-state index is 10.6. The highest BCUT2D eigenvalue weighted by molar-refractivity contribution is 5.85. The molecule has 0 bridgehead atoms. The van der Waals surface area contributed by atoms with Crippen molar-refractivity contribution in [2.24, 2.45) is 5.73 Å². The molecule has 0 aliphatic heterocycles. The molecule has 3 N–H and O–H groups in total. The maximum absolute atomic E-state index is 10.6. The van der Waals surface area contributed by atoms with Gasteiger partial charge in [0.15, 0.2) is 0 Å². The maximum Gasteiger partial charge on any atom is 0.320 e. The monoisotopic (exact) mass is 377 g/mol. The van der Waals surface area contributed by atoms with Gasteiger partial charge in [-0.1, -0.05) is 61.7 Å². The van der Waals surface area contributed by atoms with Crippen LogP contribution in [0.2, 0.25) is 0 Å². The summed E-state index contributed by atoms with van der Waals surface area (Å²) in [5, 5.41) is 8.71. The summed E-state index contributed by atoms with van der Waals surface area (Å²) in [6.45, 7) is 0.684. The molecule has 0 amide bonds. The van der Waals surface area contributed by atoms with Crippen LogP contribution < -0.4 is 10.5 Å². The van der Waals surface area contributed by atoms with E-state index in [0.717, 1.165) is 37.9 Å². The van der Waals surface area contributed by atoms with Crippen LogP contribution in [0.3, 0.4) is 0 Å². The molecule has 0 saturated carbocycles. The van der Waals surface area contributed by atoms with Crippen LogP contribution in [-0.4, -0.2) is 23.7 Å². The van der Waals surface area contributed by atoms with Gasteiger partial charge in [0, 0.05) is 0 Å². The molecular formula is C21H28ClNO3. The Balaban J connectivity index is 0.00000338. The van der Waals surface area contributed by atoms with Crippen LogP contribution >= 0.6 is 12.4 Å². The Labute approximate surface area is 161 Å². The summed E-state index contributed by atoms with van der Waals surface area (Å²) in [5.74, 6) is -0.0243. The molecule has 0 fully saturated rings. The fourth-order valence-electron chi connectivity index (χ4n) is 2.67. The number of unbranched alkanes of at least 4 members (excludes halogenated alkanes) is 3. The van der Waals surface area contributed by atoms with Gasteiger partial charge in [0.2, 0.25) is 0 Å². The van der Waals surface area contributed by atoms with Gasteiger partial charge in [0.1, 0.15) is 11.8 Å².